The standard InChI is InChI=1S/C16H24N2O2/c1-12-3-6-15(19)14(11-12)5-4-13(2)16(20)18-9-7-17-8-10-18/h3,6,11,13,17,19H,4-5,7-10H2,1-2H3. The van der Waals surface area contributed by atoms with Crippen LogP contribution in [-0.2, 0) is 11.2 Å². The van der Waals surface area contributed by atoms with Crippen LogP contribution in [0.3, 0.4) is 0 Å². The molecule has 0 aromatic heterocycles. The van der Waals surface area contributed by atoms with Gasteiger partial charge in [-0.25, -0.2) is 0 Å². The summed E-state index contributed by atoms with van der Waals surface area (Å²) in [5, 5.41) is 13.1. The summed E-state index contributed by atoms with van der Waals surface area (Å²) in [7, 11) is 0. The number of phenolic OH excluding ortho intramolecular Hbond substituents is 1. The van der Waals surface area contributed by atoms with E-state index in [4.69, 9.17) is 0 Å². The van der Waals surface area contributed by atoms with Crippen LogP contribution in [0, 0.1) is 12.8 Å². The Morgan fingerprint density at radius 1 is 1.40 bits per heavy atom. The van der Waals surface area contributed by atoms with Crippen LogP contribution in [0.2, 0.25) is 0 Å². The summed E-state index contributed by atoms with van der Waals surface area (Å²) >= 11 is 0. The number of rotatable bonds is 4. The van der Waals surface area contributed by atoms with Crippen molar-refractivity contribution in [2.45, 2.75) is 26.7 Å². The van der Waals surface area contributed by atoms with Crippen LogP contribution in [0.15, 0.2) is 18.2 Å². The second kappa shape index (κ2) is 6.75. The van der Waals surface area contributed by atoms with E-state index in [0.29, 0.717) is 5.75 Å². The second-order valence-electron chi connectivity index (χ2n) is 5.65. The zero-order valence-electron chi connectivity index (χ0n) is 12.4. The molecule has 1 saturated heterocycles. The van der Waals surface area contributed by atoms with Crippen molar-refractivity contribution in [3.05, 3.63) is 29.3 Å². The van der Waals surface area contributed by atoms with Gasteiger partial charge in [-0.2, -0.15) is 0 Å². The fourth-order valence-corrected chi connectivity index (χ4v) is 2.61. The van der Waals surface area contributed by atoms with Crippen LogP contribution in [0.1, 0.15) is 24.5 Å². The van der Waals surface area contributed by atoms with Gasteiger partial charge in [0, 0.05) is 32.1 Å². The number of nitrogens with one attached hydrogen (secondary N) is 1. The maximum absolute atomic E-state index is 12.3. The minimum atomic E-state index is 0.00742. The summed E-state index contributed by atoms with van der Waals surface area (Å²) in [4.78, 5) is 14.2. The normalized spacial score (nSPS) is 17.0. The maximum atomic E-state index is 12.3. The molecular formula is C16H24N2O2. The van der Waals surface area contributed by atoms with E-state index in [2.05, 4.69) is 5.32 Å². The molecule has 0 spiro atoms. The molecule has 1 heterocycles. The predicted octanol–water partition coefficient (Wildman–Crippen LogP) is 1.70. The van der Waals surface area contributed by atoms with Crippen molar-refractivity contribution in [2.24, 2.45) is 5.92 Å². The van der Waals surface area contributed by atoms with Gasteiger partial charge in [-0.05, 0) is 31.4 Å². The fraction of sp³-hybridized carbons (Fsp3) is 0.562. The molecule has 1 unspecified atom stereocenters. The van der Waals surface area contributed by atoms with E-state index in [1.807, 2.05) is 30.9 Å². The van der Waals surface area contributed by atoms with Crippen molar-refractivity contribution in [3.63, 3.8) is 0 Å². The molecule has 0 aliphatic carbocycles. The molecule has 110 valence electrons. The molecule has 0 saturated carbocycles. The number of hydrogen-bond acceptors (Lipinski definition) is 3. The van der Waals surface area contributed by atoms with Crippen LogP contribution >= 0.6 is 0 Å². The first-order chi connectivity index (χ1) is 9.58. The highest BCUT2D eigenvalue weighted by Crippen LogP contribution is 2.22. The summed E-state index contributed by atoms with van der Waals surface area (Å²) in [6.45, 7) is 7.38. The van der Waals surface area contributed by atoms with E-state index in [9.17, 15) is 9.90 Å². The van der Waals surface area contributed by atoms with E-state index in [0.717, 1.165) is 50.1 Å². The van der Waals surface area contributed by atoms with Gasteiger partial charge in [0.25, 0.3) is 0 Å². The molecule has 1 amide bonds. The number of carbonyl (C=O) groups excluding carboxylic acids is 1. The average Bonchev–Trinajstić information content (AvgIpc) is 2.48. The fourth-order valence-electron chi connectivity index (χ4n) is 2.61. The zero-order valence-corrected chi connectivity index (χ0v) is 12.4. The van der Waals surface area contributed by atoms with Crippen LogP contribution in [0.5, 0.6) is 5.75 Å². The van der Waals surface area contributed by atoms with Crippen LogP contribution < -0.4 is 5.32 Å². The van der Waals surface area contributed by atoms with Gasteiger partial charge in [-0.15, -0.1) is 0 Å². The lowest BCUT2D eigenvalue weighted by molar-refractivity contribution is -0.135. The van der Waals surface area contributed by atoms with Crippen molar-refractivity contribution in [1.82, 2.24) is 10.2 Å². The number of phenols is 1. The quantitative estimate of drug-likeness (QED) is 0.880. The first kappa shape index (κ1) is 14.9. The molecule has 4 heteroatoms. The highest BCUT2D eigenvalue weighted by Gasteiger charge is 2.21. The number of aryl methyl sites for hydroxylation is 2. The Balaban J connectivity index is 1.89. The smallest absolute Gasteiger partial charge is 0.225 e. The van der Waals surface area contributed by atoms with Gasteiger partial charge in [0.15, 0.2) is 0 Å². The van der Waals surface area contributed by atoms with Crippen LogP contribution in [-0.4, -0.2) is 42.1 Å². The molecule has 20 heavy (non-hydrogen) atoms. The minimum absolute atomic E-state index is 0.00742. The van der Waals surface area contributed by atoms with Crippen molar-refractivity contribution >= 4 is 5.91 Å². The lowest BCUT2D eigenvalue weighted by Gasteiger charge is -2.29. The molecule has 1 atom stereocenters. The van der Waals surface area contributed by atoms with Gasteiger partial charge < -0.3 is 15.3 Å². The molecule has 2 rings (SSSR count). The zero-order chi connectivity index (χ0) is 14.5. The first-order valence-electron chi connectivity index (χ1n) is 7.36. The van der Waals surface area contributed by atoms with Crippen LogP contribution in [0.25, 0.3) is 0 Å². The van der Waals surface area contributed by atoms with Crippen molar-refractivity contribution in [3.8, 4) is 5.75 Å². The van der Waals surface area contributed by atoms with Crippen molar-refractivity contribution < 1.29 is 9.90 Å². The summed E-state index contributed by atoms with van der Waals surface area (Å²) in [6.07, 6.45) is 1.52. The summed E-state index contributed by atoms with van der Waals surface area (Å²) in [5.74, 6) is 0.573. The van der Waals surface area contributed by atoms with Crippen molar-refractivity contribution in [2.75, 3.05) is 26.2 Å². The Kier molecular flexibility index (Phi) is 5.01. The van der Waals surface area contributed by atoms with E-state index in [-0.39, 0.29) is 11.8 Å². The lowest BCUT2D eigenvalue weighted by Crippen LogP contribution is -2.48. The number of hydrogen-bond donors (Lipinski definition) is 2. The summed E-state index contributed by atoms with van der Waals surface area (Å²) in [6, 6.07) is 5.62. The highest BCUT2D eigenvalue weighted by atomic mass is 16.3. The third-order valence-corrected chi connectivity index (χ3v) is 3.93. The van der Waals surface area contributed by atoms with Gasteiger partial charge in [0.05, 0.1) is 0 Å². The van der Waals surface area contributed by atoms with Gasteiger partial charge in [0.2, 0.25) is 5.91 Å². The Morgan fingerprint density at radius 3 is 2.80 bits per heavy atom. The molecule has 1 fully saturated rings. The predicted molar refractivity (Wildman–Crippen MR) is 79.8 cm³/mol. The summed E-state index contributed by atoms with van der Waals surface area (Å²) < 4.78 is 0. The molecule has 0 radical (unpaired) electrons. The Bertz CT molecular complexity index is 468. The molecule has 0 bridgehead atoms. The third kappa shape index (κ3) is 3.73. The molecule has 1 aromatic rings. The van der Waals surface area contributed by atoms with E-state index in [1.165, 1.54) is 0 Å². The highest BCUT2D eigenvalue weighted by molar-refractivity contribution is 5.78. The molecular weight excluding hydrogens is 252 g/mol. The van der Waals surface area contributed by atoms with Gasteiger partial charge in [0.1, 0.15) is 5.75 Å². The maximum Gasteiger partial charge on any atom is 0.225 e. The van der Waals surface area contributed by atoms with Gasteiger partial charge in [-0.3, -0.25) is 4.79 Å². The van der Waals surface area contributed by atoms with E-state index < -0.39 is 0 Å². The van der Waals surface area contributed by atoms with E-state index >= 15 is 0 Å². The number of amides is 1. The average molecular weight is 276 g/mol. The van der Waals surface area contributed by atoms with Crippen LogP contribution in [0.4, 0.5) is 0 Å². The molecule has 2 N–H and O–H groups in total. The number of piperazine rings is 1. The SMILES string of the molecule is Cc1ccc(O)c(CCC(C)C(=O)N2CCNCC2)c1. The topological polar surface area (TPSA) is 52.6 Å². The third-order valence-electron chi connectivity index (χ3n) is 3.93. The number of carbonyl (C=O) groups is 1. The number of aromatic hydroxyl groups is 1. The molecule has 1 aliphatic heterocycles. The lowest BCUT2D eigenvalue weighted by atomic mass is 9.98. The Hall–Kier alpha value is -1.55. The number of nitrogens with zero attached hydrogens (tertiary/aromatic N) is 1. The van der Waals surface area contributed by atoms with E-state index in [1.54, 1.807) is 6.07 Å². The Morgan fingerprint density at radius 2 is 2.10 bits per heavy atom. The monoisotopic (exact) mass is 276 g/mol. The first-order valence-corrected chi connectivity index (χ1v) is 7.36. The minimum Gasteiger partial charge on any atom is -0.508 e. The number of benzene rings is 1. The molecule has 4 nitrogen and oxygen atoms in total. The van der Waals surface area contributed by atoms with Gasteiger partial charge in [-0.1, -0.05) is 24.6 Å². The largest absolute Gasteiger partial charge is 0.508 e. The Labute approximate surface area is 120 Å². The van der Waals surface area contributed by atoms with Crippen molar-refractivity contribution in [1.29, 1.82) is 0 Å². The second-order valence-corrected chi connectivity index (χ2v) is 5.65. The van der Waals surface area contributed by atoms with Gasteiger partial charge >= 0.3 is 0 Å². The molecule has 1 aromatic carbocycles. The molecule has 1 aliphatic rings. The summed E-state index contributed by atoms with van der Waals surface area (Å²) in [5.41, 5.74) is 2.07.